The van der Waals surface area contributed by atoms with Gasteiger partial charge in [0.15, 0.2) is 0 Å². The minimum Gasteiger partial charge on any atom is -0.465 e. The summed E-state index contributed by atoms with van der Waals surface area (Å²) in [5.41, 5.74) is 1.77. The molecule has 0 radical (unpaired) electrons. The largest absolute Gasteiger partial charge is 0.465 e. The average Bonchev–Trinajstić information content (AvgIpc) is 3.15. The molecule has 2 saturated heterocycles. The molecule has 0 saturated carbocycles. The van der Waals surface area contributed by atoms with Crippen molar-refractivity contribution in [3.05, 3.63) is 35.1 Å². The van der Waals surface area contributed by atoms with Gasteiger partial charge in [0.2, 0.25) is 0 Å². The van der Waals surface area contributed by atoms with E-state index in [2.05, 4.69) is 23.9 Å². The van der Waals surface area contributed by atoms with Gasteiger partial charge >= 0.3 is 6.09 Å². The first-order valence-electron chi connectivity index (χ1n) is 9.01. The standard InChI is InChI=1S/C19H28FN3O2/c1-13-10-15(20)4-5-17(13)18-14(6-9-23(18)19(24)25)11-22-8-7-16(12-22)21(2)3/h4-5,10,14,16,18H,6-9,11-12H2,1-3H3,(H,24,25). The minimum atomic E-state index is -0.885. The predicted octanol–water partition coefficient (Wildman–Crippen LogP) is 2.81. The maximum atomic E-state index is 13.5. The van der Waals surface area contributed by atoms with E-state index in [0.29, 0.717) is 12.6 Å². The molecular weight excluding hydrogens is 321 g/mol. The Hall–Kier alpha value is -1.66. The van der Waals surface area contributed by atoms with Crippen molar-refractivity contribution in [2.75, 3.05) is 40.3 Å². The van der Waals surface area contributed by atoms with Crippen LogP contribution in [0.25, 0.3) is 0 Å². The molecule has 0 spiro atoms. The van der Waals surface area contributed by atoms with Crippen LogP contribution in [0.15, 0.2) is 18.2 Å². The first kappa shape index (κ1) is 18.1. The lowest BCUT2D eigenvalue weighted by Gasteiger charge is -2.30. The Kier molecular flexibility index (Phi) is 5.29. The topological polar surface area (TPSA) is 47.0 Å². The van der Waals surface area contributed by atoms with Gasteiger partial charge in [-0.2, -0.15) is 0 Å². The number of benzene rings is 1. The van der Waals surface area contributed by atoms with Crippen molar-refractivity contribution >= 4 is 6.09 Å². The summed E-state index contributed by atoms with van der Waals surface area (Å²) in [4.78, 5) is 18.0. The van der Waals surface area contributed by atoms with E-state index in [1.165, 1.54) is 17.0 Å². The Bertz CT molecular complexity index is 637. The summed E-state index contributed by atoms with van der Waals surface area (Å²) in [7, 11) is 4.22. The number of likely N-dealkylation sites (N-methyl/N-ethyl adjacent to an activating group) is 1. The fourth-order valence-corrected chi connectivity index (χ4v) is 4.39. The second-order valence-electron chi connectivity index (χ2n) is 7.64. The molecule has 2 heterocycles. The lowest BCUT2D eigenvalue weighted by Crippen LogP contribution is -2.36. The minimum absolute atomic E-state index is 0.184. The maximum Gasteiger partial charge on any atom is 0.407 e. The van der Waals surface area contributed by atoms with Crippen molar-refractivity contribution < 1.29 is 14.3 Å². The van der Waals surface area contributed by atoms with Crippen LogP contribution < -0.4 is 0 Å². The van der Waals surface area contributed by atoms with Crippen LogP contribution >= 0.6 is 0 Å². The van der Waals surface area contributed by atoms with Crippen molar-refractivity contribution in [2.24, 2.45) is 5.92 Å². The fourth-order valence-electron chi connectivity index (χ4n) is 4.39. The molecule has 1 aromatic carbocycles. The average molecular weight is 349 g/mol. The van der Waals surface area contributed by atoms with Gasteiger partial charge in [0.25, 0.3) is 0 Å². The Morgan fingerprint density at radius 3 is 2.68 bits per heavy atom. The van der Waals surface area contributed by atoms with E-state index in [4.69, 9.17) is 0 Å². The normalized spacial score (nSPS) is 27.4. The van der Waals surface area contributed by atoms with Crippen LogP contribution in [0.3, 0.4) is 0 Å². The SMILES string of the molecule is Cc1cc(F)ccc1C1C(CN2CCC(N(C)C)C2)CCN1C(=O)O. The number of nitrogens with zero attached hydrogens (tertiary/aromatic N) is 3. The molecule has 5 nitrogen and oxygen atoms in total. The molecule has 0 aromatic heterocycles. The number of hydrogen-bond acceptors (Lipinski definition) is 3. The van der Waals surface area contributed by atoms with Crippen molar-refractivity contribution in [3.63, 3.8) is 0 Å². The van der Waals surface area contributed by atoms with Crippen LogP contribution in [0, 0.1) is 18.7 Å². The molecule has 3 rings (SSSR count). The van der Waals surface area contributed by atoms with Crippen LogP contribution in [-0.4, -0.2) is 72.2 Å². The lowest BCUT2D eigenvalue weighted by atomic mass is 9.90. The van der Waals surface area contributed by atoms with Gasteiger partial charge in [0.1, 0.15) is 5.82 Å². The number of carboxylic acid groups (broad SMARTS) is 1. The summed E-state index contributed by atoms with van der Waals surface area (Å²) >= 11 is 0. The second-order valence-corrected chi connectivity index (χ2v) is 7.64. The van der Waals surface area contributed by atoms with Gasteiger partial charge in [-0.3, -0.25) is 0 Å². The van der Waals surface area contributed by atoms with Crippen LogP contribution in [0.4, 0.5) is 9.18 Å². The summed E-state index contributed by atoms with van der Waals surface area (Å²) in [5.74, 6) is -0.0211. The van der Waals surface area contributed by atoms with E-state index in [9.17, 15) is 14.3 Å². The molecule has 2 aliphatic rings. The van der Waals surface area contributed by atoms with Crippen molar-refractivity contribution in [2.45, 2.75) is 31.8 Å². The third-order valence-electron chi connectivity index (χ3n) is 5.79. The first-order chi connectivity index (χ1) is 11.9. The van der Waals surface area contributed by atoms with Gasteiger partial charge < -0.3 is 19.8 Å². The first-order valence-corrected chi connectivity index (χ1v) is 9.01. The highest BCUT2D eigenvalue weighted by molar-refractivity contribution is 5.66. The van der Waals surface area contributed by atoms with Gasteiger partial charge in [-0.05, 0) is 69.6 Å². The molecule has 2 fully saturated rings. The fraction of sp³-hybridized carbons (Fsp3) is 0.632. The Labute approximate surface area is 149 Å². The lowest BCUT2D eigenvalue weighted by molar-refractivity contribution is 0.129. The van der Waals surface area contributed by atoms with E-state index < -0.39 is 6.09 Å². The summed E-state index contributed by atoms with van der Waals surface area (Å²) in [6.07, 6.45) is 1.13. The van der Waals surface area contributed by atoms with E-state index >= 15 is 0 Å². The zero-order chi connectivity index (χ0) is 18.1. The smallest absolute Gasteiger partial charge is 0.407 e. The summed E-state index contributed by atoms with van der Waals surface area (Å²) in [6.45, 7) is 5.40. The molecule has 2 aliphatic heterocycles. The number of halogens is 1. The second kappa shape index (κ2) is 7.30. The number of aryl methyl sites for hydroxylation is 1. The molecule has 0 bridgehead atoms. The maximum absolute atomic E-state index is 13.5. The Balaban J connectivity index is 1.79. The van der Waals surface area contributed by atoms with Crippen LogP contribution in [0.1, 0.15) is 30.0 Å². The Morgan fingerprint density at radius 2 is 2.08 bits per heavy atom. The van der Waals surface area contributed by atoms with Crippen LogP contribution in [0.5, 0.6) is 0 Å². The summed E-state index contributed by atoms with van der Waals surface area (Å²) in [5, 5.41) is 9.62. The molecule has 3 unspecified atom stereocenters. The molecular formula is C19H28FN3O2. The molecule has 0 aliphatic carbocycles. The number of hydrogen-bond donors (Lipinski definition) is 1. The summed E-state index contributed by atoms with van der Waals surface area (Å²) in [6, 6.07) is 5.09. The molecule has 1 N–H and O–H groups in total. The zero-order valence-corrected chi connectivity index (χ0v) is 15.3. The highest BCUT2D eigenvalue weighted by atomic mass is 19.1. The zero-order valence-electron chi connectivity index (χ0n) is 15.3. The van der Waals surface area contributed by atoms with Crippen molar-refractivity contribution in [1.29, 1.82) is 0 Å². The van der Waals surface area contributed by atoms with E-state index in [-0.39, 0.29) is 17.8 Å². The van der Waals surface area contributed by atoms with Crippen LogP contribution in [-0.2, 0) is 0 Å². The molecule has 138 valence electrons. The molecule has 6 heteroatoms. The van der Waals surface area contributed by atoms with Gasteiger partial charge in [-0.1, -0.05) is 6.07 Å². The van der Waals surface area contributed by atoms with Crippen LogP contribution in [0.2, 0.25) is 0 Å². The van der Waals surface area contributed by atoms with E-state index in [1.54, 1.807) is 6.07 Å². The van der Waals surface area contributed by atoms with Gasteiger partial charge in [-0.25, -0.2) is 9.18 Å². The van der Waals surface area contributed by atoms with Gasteiger partial charge in [0, 0.05) is 25.7 Å². The third kappa shape index (κ3) is 3.80. The number of likely N-dealkylation sites (tertiary alicyclic amines) is 2. The van der Waals surface area contributed by atoms with Crippen molar-refractivity contribution in [1.82, 2.24) is 14.7 Å². The van der Waals surface area contributed by atoms with Crippen molar-refractivity contribution in [3.8, 4) is 0 Å². The van der Waals surface area contributed by atoms with E-state index in [0.717, 1.165) is 43.6 Å². The molecule has 3 atom stereocenters. The highest BCUT2D eigenvalue weighted by Crippen LogP contribution is 2.39. The number of amides is 1. The number of rotatable bonds is 4. The van der Waals surface area contributed by atoms with Gasteiger partial charge in [-0.15, -0.1) is 0 Å². The summed E-state index contributed by atoms with van der Waals surface area (Å²) < 4.78 is 13.5. The van der Waals surface area contributed by atoms with E-state index in [1.807, 2.05) is 6.92 Å². The molecule has 25 heavy (non-hydrogen) atoms. The monoisotopic (exact) mass is 349 g/mol. The third-order valence-corrected chi connectivity index (χ3v) is 5.79. The quantitative estimate of drug-likeness (QED) is 0.908. The predicted molar refractivity (Wildman–Crippen MR) is 95.2 cm³/mol. The Morgan fingerprint density at radius 1 is 1.32 bits per heavy atom. The number of carbonyl (C=O) groups is 1. The molecule has 1 amide bonds. The van der Waals surface area contributed by atoms with Gasteiger partial charge in [0.05, 0.1) is 6.04 Å². The highest BCUT2D eigenvalue weighted by Gasteiger charge is 2.40. The molecule has 1 aromatic rings.